The second-order valence-corrected chi connectivity index (χ2v) is 3.28. The van der Waals surface area contributed by atoms with Gasteiger partial charge in [0.2, 0.25) is 0 Å². The van der Waals surface area contributed by atoms with Crippen LogP contribution in [-0.4, -0.2) is 16.1 Å². The molecule has 1 rings (SSSR count). The highest BCUT2D eigenvalue weighted by molar-refractivity contribution is 5.66. The molecule has 0 aliphatic carbocycles. The van der Waals surface area contributed by atoms with Gasteiger partial charge in [-0.1, -0.05) is 0 Å². The molecule has 16 heavy (non-hydrogen) atoms. The Hall–Kier alpha value is -1.59. The first-order valence-corrected chi connectivity index (χ1v) is 4.63. The number of carboxylic acids is 1. The summed E-state index contributed by atoms with van der Waals surface area (Å²) >= 11 is 0. The zero-order valence-electron chi connectivity index (χ0n) is 8.29. The lowest BCUT2D eigenvalue weighted by molar-refractivity contribution is -0.138. The van der Waals surface area contributed by atoms with E-state index in [9.17, 15) is 18.0 Å². The smallest absolute Gasteiger partial charge is 0.416 e. The predicted octanol–water partition coefficient (Wildman–Crippen LogP) is 2.51. The third-order valence-electron chi connectivity index (χ3n) is 2.05. The van der Waals surface area contributed by atoms with Gasteiger partial charge in [0.05, 0.1) is 5.56 Å². The molecule has 1 aromatic heterocycles. The largest absolute Gasteiger partial charge is 0.481 e. The molecular weight excluding hydrogens is 223 g/mol. The molecule has 0 amide bonds. The maximum Gasteiger partial charge on any atom is 0.416 e. The summed E-state index contributed by atoms with van der Waals surface area (Å²) in [5.74, 6) is -1.02. The van der Waals surface area contributed by atoms with Gasteiger partial charge in [-0.15, -0.1) is 0 Å². The Labute approximate surface area is 89.9 Å². The normalized spacial score (nSPS) is 11.4. The van der Waals surface area contributed by atoms with E-state index in [1.807, 2.05) is 0 Å². The van der Waals surface area contributed by atoms with Crippen molar-refractivity contribution in [1.82, 2.24) is 4.98 Å². The molecule has 0 aliphatic rings. The molecule has 0 saturated heterocycles. The van der Waals surface area contributed by atoms with Gasteiger partial charge in [0.15, 0.2) is 0 Å². The molecule has 0 aromatic carbocycles. The molecule has 1 N–H and O–H groups in total. The molecule has 0 unspecified atom stereocenters. The van der Waals surface area contributed by atoms with Gasteiger partial charge in [-0.25, -0.2) is 0 Å². The van der Waals surface area contributed by atoms with Gasteiger partial charge in [0.25, 0.3) is 0 Å². The van der Waals surface area contributed by atoms with Crippen LogP contribution in [0.2, 0.25) is 0 Å². The third-order valence-corrected chi connectivity index (χ3v) is 2.05. The number of aromatic nitrogens is 1. The number of carbonyl (C=O) groups is 1. The molecule has 1 heterocycles. The standard InChI is InChI=1S/C10H10F3NO2/c11-10(12,13)8-4-5-14-6-7(8)2-1-3-9(15)16/h4-6H,1-3H2,(H,15,16). The molecular formula is C10H10F3NO2. The number of carboxylic acid groups (broad SMARTS) is 1. The Bertz CT molecular complexity index is 377. The number of alkyl halides is 3. The van der Waals surface area contributed by atoms with Crippen LogP contribution in [0.15, 0.2) is 18.5 Å². The Morgan fingerprint density at radius 3 is 2.69 bits per heavy atom. The van der Waals surface area contributed by atoms with Crippen LogP contribution in [-0.2, 0) is 17.4 Å². The second kappa shape index (κ2) is 4.96. The van der Waals surface area contributed by atoms with Gasteiger partial charge < -0.3 is 5.11 Å². The monoisotopic (exact) mass is 233 g/mol. The Morgan fingerprint density at radius 1 is 1.44 bits per heavy atom. The van der Waals surface area contributed by atoms with Gasteiger partial charge in [0, 0.05) is 18.8 Å². The summed E-state index contributed by atoms with van der Waals surface area (Å²) in [4.78, 5) is 13.8. The van der Waals surface area contributed by atoms with Crippen molar-refractivity contribution in [2.45, 2.75) is 25.4 Å². The number of pyridine rings is 1. The first kappa shape index (κ1) is 12.5. The van der Waals surface area contributed by atoms with Crippen LogP contribution in [0.3, 0.4) is 0 Å². The highest BCUT2D eigenvalue weighted by Crippen LogP contribution is 2.31. The fourth-order valence-electron chi connectivity index (χ4n) is 1.33. The number of hydrogen-bond donors (Lipinski definition) is 1. The summed E-state index contributed by atoms with van der Waals surface area (Å²) in [5, 5.41) is 8.38. The minimum Gasteiger partial charge on any atom is -0.481 e. The van der Waals surface area contributed by atoms with Crippen LogP contribution >= 0.6 is 0 Å². The summed E-state index contributed by atoms with van der Waals surface area (Å²) < 4.78 is 37.5. The number of hydrogen-bond acceptors (Lipinski definition) is 2. The van der Waals surface area contributed by atoms with Crippen molar-refractivity contribution in [2.24, 2.45) is 0 Å². The molecule has 3 nitrogen and oxygen atoms in total. The van der Waals surface area contributed by atoms with Crippen LogP contribution in [0.1, 0.15) is 24.0 Å². The van der Waals surface area contributed by atoms with E-state index in [2.05, 4.69) is 4.98 Å². The molecule has 1 aromatic rings. The molecule has 0 aliphatic heterocycles. The average molecular weight is 233 g/mol. The van der Waals surface area contributed by atoms with E-state index in [0.717, 1.165) is 18.5 Å². The number of nitrogens with zero attached hydrogens (tertiary/aromatic N) is 1. The molecule has 0 radical (unpaired) electrons. The number of rotatable bonds is 4. The molecule has 0 bridgehead atoms. The summed E-state index contributed by atoms with van der Waals surface area (Å²) in [5.41, 5.74) is -0.705. The summed E-state index contributed by atoms with van der Waals surface area (Å²) in [6.07, 6.45) is -2.12. The molecule has 0 saturated carbocycles. The minimum atomic E-state index is -4.42. The van der Waals surface area contributed by atoms with Gasteiger partial charge in [-0.2, -0.15) is 13.2 Å². The van der Waals surface area contributed by atoms with Crippen LogP contribution < -0.4 is 0 Å². The number of aryl methyl sites for hydroxylation is 1. The first-order valence-electron chi connectivity index (χ1n) is 4.63. The summed E-state index contributed by atoms with van der Waals surface area (Å²) in [6, 6.07) is 0.899. The lowest BCUT2D eigenvalue weighted by atomic mass is 10.0. The maximum atomic E-state index is 12.5. The van der Waals surface area contributed by atoms with Gasteiger partial charge >= 0.3 is 12.1 Å². The summed E-state index contributed by atoms with van der Waals surface area (Å²) in [7, 11) is 0. The van der Waals surface area contributed by atoms with Crippen molar-refractivity contribution < 1.29 is 23.1 Å². The van der Waals surface area contributed by atoms with Crippen molar-refractivity contribution >= 4 is 5.97 Å². The molecule has 0 fully saturated rings. The SMILES string of the molecule is O=C(O)CCCc1cnccc1C(F)(F)F. The number of aliphatic carboxylic acids is 1. The Kier molecular flexibility index (Phi) is 3.87. The van der Waals surface area contributed by atoms with E-state index in [1.165, 1.54) is 0 Å². The van der Waals surface area contributed by atoms with Crippen molar-refractivity contribution in [1.29, 1.82) is 0 Å². The molecule has 6 heteroatoms. The van der Waals surface area contributed by atoms with Gasteiger partial charge in [0.1, 0.15) is 0 Å². The molecule has 88 valence electrons. The third kappa shape index (κ3) is 3.52. The van der Waals surface area contributed by atoms with Crippen molar-refractivity contribution in [2.75, 3.05) is 0 Å². The van der Waals surface area contributed by atoms with E-state index in [0.29, 0.717) is 0 Å². The van der Waals surface area contributed by atoms with Crippen LogP contribution in [0.25, 0.3) is 0 Å². The van der Waals surface area contributed by atoms with Crippen LogP contribution in [0.5, 0.6) is 0 Å². The fourth-order valence-corrected chi connectivity index (χ4v) is 1.33. The zero-order chi connectivity index (χ0) is 12.2. The molecule has 0 atom stereocenters. The van der Waals surface area contributed by atoms with E-state index in [1.54, 1.807) is 0 Å². The van der Waals surface area contributed by atoms with E-state index < -0.39 is 17.7 Å². The topological polar surface area (TPSA) is 50.2 Å². The van der Waals surface area contributed by atoms with Crippen molar-refractivity contribution in [3.8, 4) is 0 Å². The quantitative estimate of drug-likeness (QED) is 0.869. The lowest BCUT2D eigenvalue weighted by Gasteiger charge is -2.11. The number of halogens is 3. The Balaban J connectivity index is 2.76. The van der Waals surface area contributed by atoms with Crippen LogP contribution in [0, 0.1) is 0 Å². The second-order valence-electron chi connectivity index (χ2n) is 3.28. The molecule has 0 spiro atoms. The fraction of sp³-hybridized carbons (Fsp3) is 0.400. The van der Waals surface area contributed by atoms with E-state index in [4.69, 9.17) is 5.11 Å². The average Bonchev–Trinajstić information content (AvgIpc) is 2.16. The van der Waals surface area contributed by atoms with Crippen LogP contribution in [0.4, 0.5) is 13.2 Å². The highest BCUT2D eigenvalue weighted by atomic mass is 19.4. The van der Waals surface area contributed by atoms with E-state index in [-0.39, 0.29) is 24.8 Å². The van der Waals surface area contributed by atoms with Crippen molar-refractivity contribution in [3.63, 3.8) is 0 Å². The first-order chi connectivity index (χ1) is 7.41. The minimum absolute atomic E-state index is 0.0382. The maximum absolute atomic E-state index is 12.5. The van der Waals surface area contributed by atoms with Crippen molar-refractivity contribution in [3.05, 3.63) is 29.6 Å². The van der Waals surface area contributed by atoms with Gasteiger partial charge in [-0.3, -0.25) is 9.78 Å². The Morgan fingerprint density at radius 2 is 2.12 bits per heavy atom. The summed E-state index contributed by atoms with van der Waals surface area (Å²) in [6.45, 7) is 0. The van der Waals surface area contributed by atoms with E-state index >= 15 is 0 Å². The lowest BCUT2D eigenvalue weighted by Crippen LogP contribution is -2.10. The predicted molar refractivity (Wildman–Crippen MR) is 49.8 cm³/mol. The van der Waals surface area contributed by atoms with Gasteiger partial charge in [-0.05, 0) is 24.5 Å². The zero-order valence-corrected chi connectivity index (χ0v) is 8.29. The highest BCUT2D eigenvalue weighted by Gasteiger charge is 2.32.